The van der Waals surface area contributed by atoms with Gasteiger partial charge >= 0.3 is 0 Å². The third kappa shape index (κ3) is 2.59. The van der Waals surface area contributed by atoms with E-state index in [0.717, 1.165) is 5.69 Å². The van der Waals surface area contributed by atoms with E-state index in [1.54, 1.807) is 13.1 Å². The quantitative estimate of drug-likeness (QED) is 0.820. The zero-order chi connectivity index (χ0) is 12.4. The molecule has 2 aromatic heterocycles. The van der Waals surface area contributed by atoms with Crippen LogP contribution in [0.5, 0.6) is 0 Å². The second-order valence-corrected chi connectivity index (χ2v) is 3.84. The van der Waals surface area contributed by atoms with Gasteiger partial charge in [0, 0.05) is 13.2 Å². The third-order valence-corrected chi connectivity index (χ3v) is 2.29. The molecule has 0 saturated carbocycles. The molecule has 0 aliphatic rings. The normalized spacial score (nSPS) is 10.3. The van der Waals surface area contributed by atoms with Crippen LogP contribution < -0.4 is 5.32 Å². The molecule has 2 rings (SSSR count). The van der Waals surface area contributed by atoms with Crippen molar-refractivity contribution in [1.82, 2.24) is 19.7 Å². The summed E-state index contributed by atoms with van der Waals surface area (Å²) in [6.07, 6.45) is 1.47. The Hall–Kier alpha value is -1.95. The fourth-order valence-corrected chi connectivity index (χ4v) is 1.52. The fraction of sp³-hybridized carbons (Fsp3) is 0.200. The van der Waals surface area contributed by atoms with Gasteiger partial charge in [-0.25, -0.2) is 9.97 Å². The van der Waals surface area contributed by atoms with E-state index >= 15 is 0 Å². The van der Waals surface area contributed by atoms with Crippen molar-refractivity contribution < 1.29 is 4.79 Å². The van der Waals surface area contributed by atoms with E-state index in [1.165, 1.54) is 16.9 Å². The molecule has 0 unspecified atom stereocenters. The first-order chi connectivity index (χ1) is 8.06. The summed E-state index contributed by atoms with van der Waals surface area (Å²) in [5.74, 6) is -0.156. The second-order valence-electron chi connectivity index (χ2n) is 3.45. The minimum Gasteiger partial charge on any atom is -0.289 e. The Kier molecular flexibility index (Phi) is 3.06. The lowest BCUT2D eigenvalue weighted by molar-refractivity contribution is 0.101. The van der Waals surface area contributed by atoms with E-state index in [2.05, 4.69) is 20.4 Å². The van der Waals surface area contributed by atoms with Crippen molar-refractivity contribution in [2.24, 2.45) is 7.05 Å². The molecule has 2 aromatic rings. The summed E-state index contributed by atoms with van der Waals surface area (Å²) in [4.78, 5) is 19.6. The maximum atomic E-state index is 11.9. The molecule has 0 atom stereocenters. The van der Waals surface area contributed by atoms with Gasteiger partial charge in [0.25, 0.3) is 5.91 Å². The summed E-state index contributed by atoms with van der Waals surface area (Å²) < 4.78 is 1.50. The van der Waals surface area contributed by atoms with E-state index in [0.29, 0.717) is 5.69 Å². The molecule has 0 aliphatic heterocycles. The predicted molar refractivity (Wildman–Crippen MR) is 62.9 cm³/mol. The van der Waals surface area contributed by atoms with Crippen molar-refractivity contribution in [3.8, 4) is 0 Å². The van der Waals surface area contributed by atoms with Crippen molar-refractivity contribution in [2.45, 2.75) is 6.92 Å². The average Bonchev–Trinajstić information content (AvgIpc) is 2.58. The highest BCUT2D eigenvalue weighted by atomic mass is 35.5. The summed E-state index contributed by atoms with van der Waals surface area (Å²) in [6, 6.07) is 3.21. The number of amides is 1. The standard InChI is InChI=1S/C10H10ClN5O/c1-6-5-7(16(2)15-6)9(17)14-10-12-4-3-8(11)13-10/h3-5H,1-2H3,(H,12,13,14,17). The summed E-state index contributed by atoms with van der Waals surface area (Å²) in [6.45, 7) is 1.81. The number of hydrogen-bond donors (Lipinski definition) is 1. The Bertz CT molecular complexity index is 566. The van der Waals surface area contributed by atoms with Crippen molar-refractivity contribution in [3.63, 3.8) is 0 Å². The Morgan fingerprint density at radius 3 is 2.88 bits per heavy atom. The molecule has 1 amide bonds. The largest absolute Gasteiger partial charge is 0.289 e. The molecule has 0 fully saturated rings. The number of aromatic nitrogens is 4. The monoisotopic (exact) mass is 251 g/mol. The number of carbonyl (C=O) groups excluding carboxylic acids is 1. The van der Waals surface area contributed by atoms with Crippen LogP contribution >= 0.6 is 11.6 Å². The van der Waals surface area contributed by atoms with Gasteiger partial charge in [0.2, 0.25) is 5.95 Å². The van der Waals surface area contributed by atoms with Gasteiger partial charge in [0.1, 0.15) is 10.8 Å². The molecule has 0 bridgehead atoms. The molecule has 0 radical (unpaired) electrons. The first kappa shape index (κ1) is 11.5. The molecule has 0 aromatic carbocycles. The maximum Gasteiger partial charge on any atom is 0.276 e. The van der Waals surface area contributed by atoms with Crippen molar-refractivity contribution in [2.75, 3.05) is 5.32 Å². The lowest BCUT2D eigenvalue weighted by Crippen LogP contribution is -2.17. The van der Waals surface area contributed by atoms with Crippen LogP contribution in [0.4, 0.5) is 5.95 Å². The zero-order valence-electron chi connectivity index (χ0n) is 9.31. The molecule has 88 valence electrons. The number of nitrogens with zero attached hydrogens (tertiary/aromatic N) is 4. The van der Waals surface area contributed by atoms with Crippen LogP contribution in [0.1, 0.15) is 16.2 Å². The van der Waals surface area contributed by atoms with Crippen molar-refractivity contribution >= 4 is 23.5 Å². The van der Waals surface area contributed by atoms with E-state index in [-0.39, 0.29) is 17.0 Å². The molecule has 17 heavy (non-hydrogen) atoms. The molecule has 0 saturated heterocycles. The van der Waals surface area contributed by atoms with Crippen LogP contribution in [-0.2, 0) is 7.05 Å². The molecular weight excluding hydrogens is 242 g/mol. The summed E-state index contributed by atoms with van der Waals surface area (Å²) in [5.41, 5.74) is 1.20. The number of anilines is 1. The summed E-state index contributed by atoms with van der Waals surface area (Å²) >= 11 is 5.69. The number of carbonyl (C=O) groups is 1. The van der Waals surface area contributed by atoms with Crippen LogP contribution in [0.2, 0.25) is 5.15 Å². The van der Waals surface area contributed by atoms with Crippen LogP contribution in [0.3, 0.4) is 0 Å². The highest BCUT2D eigenvalue weighted by Gasteiger charge is 2.13. The fourth-order valence-electron chi connectivity index (χ4n) is 1.39. The van der Waals surface area contributed by atoms with Crippen LogP contribution in [0.15, 0.2) is 18.3 Å². The third-order valence-electron chi connectivity index (χ3n) is 2.08. The lowest BCUT2D eigenvalue weighted by Gasteiger charge is -2.03. The van der Waals surface area contributed by atoms with Gasteiger partial charge in [-0.1, -0.05) is 11.6 Å². The van der Waals surface area contributed by atoms with E-state index in [9.17, 15) is 4.79 Å². The molecule has 6 nitrogen and oxygen atoms in total. The molecule has 2 heterocycles. The van der Waals surface area contributed by atoms with Gasteiger partial charge in [-0.3, -0.25) is 14.8 Å². The summed E-state index contributed by atoms with van der Waals surface area (Å²) in [5, 5.41) is 6.90. The highest BCUT2D eigenvalue weighted by molar-refractivity contribution is 6.29. The first-order valence-electron chi connectivity index (χ1n) is 4.87. The van der Waals surface area contributed by atoms with Crippen molar-refractivity contribution in [1.29, 1.82) is 0 Å². The number of hydrogen-bond acceptors (Lipinski definition) is 4. The Labute approximate surface area is 103 Å². The van der Waals surface area contributed by atoms with Crippen LogP contribution in [-0.4, -0.2) is 25.7 Å². The van der Waals surface area contributed by atoms with E-state index in [1.807, 2.05) is 6.92 Å². The van der Waals surface area contributed by atoms with Gasteiger partial charge in [-0.15, -0.1) is 0 Å². The number of nitrogens with one attached hydrogen (secondary N) is 1. The van der Waals surface area contributed by atoms with E-state index < -0.39 is 0 Å². The Balaban J connectivity index is 2.20. The minimum absolute atomic E-state index is 0.168. The number of rotatable bonds is 2. The number of halogens is 1. The van der Waals surface area contributed by atoms with Gasteiger partial charge in [0.15, 0.2) is 0 Å². The average molecular weight is 252 g/mol. The Morgan fingerprint density at radius 2 is 2.29 bits per heavy atom. The summed E-state index contributed by atoms with van der Waals surface area (Å²) in [7, 11) is 1.70. The number of aryl methyl sites for hydroxylation is 2. The SMILES string of the molecule is Cc1cc(C(=O)Nc2nccc(Cl)n2)n(C)n1. The van der Waals surface area contributed by atoms with Gasteiger partial charge in [-0.05, 0) is 19.1 Å². The van der Waals surface area contributed by atoms with Crippen molar-refractivity contribution in [3.05, 3.63) is 34.9 Å². The predicted octanol–water partition coefficient (Wildman–Crippen LogP) is 1.42. The van der Waals surface area contributed by atoms with Crippen LogP contribution in [0, 0.1) is 6.92 Å². The molecule has 0 aliphatic carbocycles. The van der Waals surface area contributed by atoms with Gasteiger partial charge in [0.05, 0.1) is 5.69 Å². The minimum atomic E-state index is -0.324. The molecular formula is C10H10ClN5O. The van der Waals surface area contributed by atoms with Gasteiger partial charge in [-0.2, -0.15) is 5.10 Å². The smallest absolute Gasteiger partial charge is 0.276 e. The van der Waals surface area contributed by atoms with E-state index in [4.69, 9.17) is 11.6 Å². The molecule has 1 N–H and O–H groups in total. The van der Waals surface area contributed by atoms with Crippen LogP contribution in [0.25, 0.3) is 0 Å². The topological polar surface area (TPSA) is 72.7 Å². The highest BCUT2D eigenvalue weighted by Crippen LogP contribution is 2.08. The molecule has 7 heteroatoms. The lowest BCUT2D eigenvalue weighted by atomic mass is 10.3. The zero-order valence-corrected chi connectivity index (χ0v) is 10.1. The first-order valence-corrected chi connectivity index (χ1v) is 5.24. The van der Waals surface area contributed by atoms with Gasteiger partial charge < -0.3 is 0 Å². The second kappa shape index (κ2) is 4.50. The molecule has 0 spiro atoms. The Morgan fingerprint density at radius 1 is 1.53 bits per heavy atom. The maximum absolute atomic E-state index is 11.9.